The first-order valence-corrected chi connectivity index (χ1v) is 11.0. The van der Waals surface area contributed by atoms with Gasteiger partial charge in [0.1, 0.15) is 0 Å². The summed E-state index contributed by atoms with van der Waals surface area (Å²) in [5, 5.41) is 3.99. The molecule has 1 aromatic carbocycles. The second kappa shape index (κ2) is 9.38. The largest absolute Gasteiger partial charge is 0.342 e. The molecule has 2 fully saturated rings. The summed E-state index contributed by atoms with van der Waals surface area (Å²) in [7, 11) is 0. The fraction of sp³-hybridized carbons (Fsp3) is 0.550. The molecule has 1 N–H and O–H groups in total. The van der Waals surface area contributed by atoms with Crippen molar-refractivity contribution in [3.8, 4) is 11.4 Å². The molecule has 0 unspecified atom stereocenters. The van der Waals surface area contributed by atoms with E-state index in [0.717, 1.165) is 63.5 Å². The fourth-order valence-corrected chi connectivity index (χ4v) is 4.23. The lowest BCUT2D eigenvalue weighted by Gasteiger charge is -2.35. The molecule has 2 aromatic rings. The minimum absolute atomic E-state index is 0.279. The molecule has 1 amide bonds. The predicted molar refractivity (Wildman–Crippen MR) is 116 cm³/mol. The first-order valence-electron chi connectivity index (χ1n) is 10.2. The third-order valence-electron chi connectivity index (χ3n) is 5.67. The molecule has 0 spiro atoms. The molecule has 0 bridgehead atoms. The Morgan fingerprint density at radius 1 is 1.00 bits per heavy atom. The van der Waals surface area contributed by atoms with Gasteiger partial charge in [0.2, 0.25) is 10.7 Å². The summed E-state index contributed by atoms with van der Waals surface area (Å²) in [5.74, 6) is 1.03. The molecular formula is C20H27ClN6OS. The average Bonchev–Trinajstić information content (AvgIpc) is 3.11. The number of carbonyl (C=O) groups is 1. The summed E-state index contributed by atoms with van der Waals surface area (Å²) in [6.45, 7) is 6.66. The molecule has 7 nitrogen and oxygen atoms in total. The number of H-pyrrole nitrogens is 1. The number of piperazine rings is 1. The Bertz CT molecular complexity index is 881. The summed E-state index contributed by atoms with van der Waals surface area (Å²) in [4.78, 5) is 23.6. The minimum atomic E-state index is 0.279. The molecule has 1 aromatic heterocycles. The molecule has 9 heteroatoms. The number of halogens is 1. The highest BCUT2D eigenvalue weighted by Crippen LogP contribution is 2.18. The van der Waals surface area contributed by atoms with Crippen LogP contribution in [0.25, 0.3) is 11.4 Å². The van der Waals surface area contributed by atoms with Crippen LogP contribution in [0.5, 0.6) is 0 Å². The van der Waals surface area contributed by atoms with Crippen LogP contribution in [0.3, 0.4) is 0 Å². The maximum atomic E-state index is 12.5. The normalized spacial score (nSPS) is 18.9. The van der Waals surface area contributed by atoms with Gasteiger partial charge in [-0.2, -0.15) is 4.98 Å². The molecule has 0 saturated carbocycles. The maximum absolute atomic E-state index is 12.5. The lowest BCUT2D eigenvalue weighted by Crippen LogP contribution is -2.50. The van der Waals surface area contributed by atoms with Gasteiger partial charge in [-0.15, -0.1) is 0 Å². The van der Waals surface area contributed by atoms with Crippen LogP contribution < -0.4 is 0 Å². The molecule has 2 aliphatic rings. The highest BCUT2D eigenvalue weighted by atomic mass is 35.5. The van der Waals surface area contributed by atoms with Gasteiger partial charge in [0, 0.05) is 49.9 Å². The zero-order valence-corrected chi connectivity index (χ0v) is 18.1. The van der Waals surface area contributed by atoms with Gasteiger partial charge in [0.15, 0.2) is 5.82 Å². The molecule has 29 heavy (non-hydrogen) atoms. The topological polar surface area (TPSA) is 60.4 Å². The Kier molecular flexibility index (Phi) is 6.64. The zero-order chi connectivity index (χ0) is 20.2. The van der Waals surface area contributed by atoms with E-state index in [1.54, 1.807) is 0 Å². The number of carbonyl (C=O) groups excluding carboxylic acids is 1. The Morgan fingerprint density at radius 2 is 1.66 bits per heavy atom. The number of nitrogens with zero attached hydrogens (tertiary/aromatic N) is 5. The zero-order valence-electron chi connectivity index (χ0n) is 16.5. The number of aromatic amines is 1. The van der Waals surface area contributed by atoms with Gasteiger partial charge >= 0.3 is 0 Å². The monoisotopic (exact) mass is 434 g/mol. The van der Waals surface area contributed by atoms with Gasteiger partial charge < -0.3 is 4.90 Å². The van der Waals surface area contributed by atoms with Gasteiger partial charge in [-0.3, -0.25) is 19.7 Å². The highest BCUT2D eigenvalue weighted by molar-refractivity contribution is 7.71. The Balaban J connectivity index is 1.29. The molecule has 0 atom stereocenters. The van der Waals surface area contributed by atoms with Gasteiger partial charge in [-0.05, 0) is 55.7 Å². The lowest BCUT2D eigenvalue weighted by molar-refractivity contribution is -0.133. The van der Waals surface area contributed by atoms with E-state index in [-0.39, 0.29) is 5.91 Å². The van der Waals surface area contributed by atoms with Crippen LogP contribution in [-0.4, -0.2) is 81.2 Å². The molecule has 2 aliphatic heterocycles. The lowest BCUT2D eigenvalue weighted by atomic mass is 10.1. The number of likely N-dealkylation sites (tertiary alicyclic amines) is 1. The van der Waals surface area contributed by atoms with Gasteiger partial charge in [0.25, 0.3) is 0 Å². The molecule has 156 valence electrons. The second-order valence-electron chi connectivity index (χ2n) is 7.77. The van der Waals surface area contributed by atoms with Crippen molar-refractivity contribution in [1.29, 1.82) is 0 Å². The number of nitrogens with one attached hydrogen (secondary N) is 1. The summed E-state index contributed by atoms with van der Waals surface area (Å²) < 4.78 is 2.44. The number of aromatic nitrogens is 3. The van der Waals surface area contributed by atoms with E-state index in [1.165, 1.54) is 6.42 Å². The summed E-state index contributed by atoms with van der Waals surface area (Å²) >= 11 is 11.4. The van der Waals surface area contributed by atoms with Gasteiger partial charge in [-0.25, -0.2) is 4.68 Å². The average molecular weight is 435 g/mol. The van der Waals surface area contributed by atoms with Crippen LogP contribution in [-0.2, 0) is 11.5 Å². The molecule has 3 heterocycles. The maximum Gasteiger partial charge on any atom is 0.236 e. The van der Waals surface area contributed by atoms with E-state index in [9.17, 15) is 4.79 Å². The fourth-order valence-electron chi connectivity index (χ4n) is 3.91. The Labute approximate surface area is 181 Å². The molecule has 0 aliphatic carbocycles. The van der Waals surface area contributed by atoms with Crippen molar-refractivity contribution in [2.24, 2.45) is 0 Å². The predicted octanol–water partition coefficient (Wildman–Crippen LogP) is 2.85. The standard InChI is InChI=1S/C20H27ClN6OS/c21-17-6-4-16(5-7-17)19-22-20(29)27(23-19)15-25-12-10-24(11-13-25)14-18(28)26-8-2-1-3-9-26/h4-7H,1-3,8-15H2,(H,22,23,29). The van der Waals surface area contributed by atoms with E-state index < -0.39 is 0 Å². The first kappa shape index (κ1) is 20.5. The van der Waals surface area contributed by atoms with E-state index in [1.807, 2.05) is 33.8 Å². The van der Waals surface area contributed by atoms with E-state index >= 15 is 0 Å². The van der Waals surface area contributed by atoms with Crippen molar-refractivity contribution in [2.45, 2.75) is 25.9 Å². The number of hydrogen-bond donors (Lipinski definition) is 1. The van der Waals surface area contributed by atoms with Crippen LogP contribution in [0.4, 0.5) is 0 Å². The van der Waals surface area contributed by atoms with Crippen LogP contribution in [0, 0.1) is 4.77 Å². The van der Waals surface area contributed by atoms with Crippen LogP contribution in [0.2, 0.25) is 5.02 Å². The molecule has 2 saturated heterocycles. The van der Waals surface area contributed by atoms with Crippen molar-refractivity contribution in [3.05, 3.63) is 34.1 Å². The summed E-state index contributed by atoms with van der Waals surface area (Å²) in [5.41, 5.74) is 0.959. The molecular weight excluding hydrogens is 408 g/mol. The molecule has 4 rings (SSSR count). The van der Waals surface area contributed by atoms with Crippen molar-refractivity contribution in [2.75, 3.05) is 45.8 Å². The van der Waals surface area contributed by atoms with Crippen molar-refractivity contribution >= 4 is 29.7 Å². The van der Waals surface area contributed by atoms with Gasteiger partial charge in [0.05, 0.1) is 13.2 Å². The number of piperidine rings is 1. The van der Waals surface area contributed by atoms with Crippen LogP contribution in [0.15, 0.2) is 24.3 Å². The van der Waals surface area contributed by atoms with Crippen LogP contribution >= 0.6 is 23.8 Å². The van der Waals surface area contributed by atoms with E-state index in [0.29, 0.717) is 23.0 Å². The van der Waals surface area contributed by atoms with Crippen molar-refractivity contribution in [3.63, 3.8) is 0 Å². The number of rotatable bonds is 5. The smallest absolute Gasteiger partial charge is 0.236 e. The Hall–Kier alpha value is -1.74. The van der Waals surface area contributed by atoms with Gasteiger partial charge in [-0.1, -0.05) is 11.6 Å². The highest BCUT2D eigenvalue weighted by Gasteiger charge is 2.23. The quantitative estimate of drug-likeness (QED) is 0.733. The summed E-state index contributed by atoms with van der Waals surface area (Å²) in [6.07, 6.45) is 3.53. The van der Waals surface area contributed by atoms with E-state index in [4.69, 9.17) is 23.8 Å². The number of amides is 1. The summed E-state index contributed by atoms with van der Waals surface area (Å²) in [6, 6.07) is 7.55. The minimum Gasteiger partial charge on any atom is -0.342 e. The number of benzene rings is 1. The first-order chi connectivity index (χ1) is 14.1. The third kappa shape index (κ3) is 5.25. The SMILES string of the molecule is O=C(CN1CCN(Cn2[nH]c(-c3ccc(Cl)cc3)nc2=S)CC1)N1CCCCC1. The van der Waals surface area contributed by atoms with Crippen molar-refractivity contribution < 1.29 is 4.79 Å². The third-order valence-corrected chi connectivity index (χ3v) is 6.23. The van der Waals surface area contributed by atoms with Crippen molar-refractivity contribution in [1.82, 2.24) is 29.5 Å². The van der Waals surface area contributed by atoms with E-state index in [2.05, 4.69) is 19.9 Å². The second-order valence-corrected chi connectivity index (χ2v) is 8.57. The number of hydrogen-bond acceptors (Lipinski definition) is 5. The van der Waals surface area contributed by atoms with Crippen LogP contribution in [0.1, 0.15) is 19.3 Å². The molecule has 0 radical (unpaired) electrons. The Morgan fingerprint density at radius 3 is 2.34 bits per heavy atom.